The average Bonchev–Trinajstić information content (AvgIpc) is 2.40. The Morgan fingerprint density at radius 3 is 2.74 bits per heavy atom. The Morgan fingerprint density at radius 1 is 1.53 bits per heavy atom. The number of carbonyl (C=O) groups is 2. The molecule has 0 bridgehead atoms. The first kappa shape index (κ1) is 15.1. The van der Waals surface area contributed by atoms with Crippen molar-refractivity contribution in [1.29, 1.82) is 5.26 Å². The van der Waals surface area contributed by atoms with Gasteiger partial charge in [0.15, 0.2) is 5.78 Å². The average molecular weight is 329 g/mol. The van der Waals surface area contributed by atoms with Crippen molar-refractivity contribution < 1.29 is 18.7 Å². The summed E-state index contributed by atoms with van der Waals surface area (Å²) in [5.74, 6) is -1.23. The Kier molecular flexibility index (Phi) is 5.45. The summed E-state index contributed by atoms with van der Waals surface area (Å²) in [5, 5.41) is 11.1. The molecule has 0 aliphatic carbocycles. The normalized spacial score (nSPS) is 9.58. The summed E-state index contributed by atoms with van der Waals surface area (Å²) in [6, 6.07) is 3.91. The summed E-state index contributed by atoms with van der Waals surface area (Å²) in [4.78, 5) is 22.7. The van der Waals surface area contributed by atoms with E-state index in [1.54, 1.807) is 13.0 Å². The van der Waals surface area contributed by atoms with Gasteiger partial charge in [-0.1, -0.05) is 15.9 Å². The van der Waals surface area contributed by atoms with E-state index in [0.29, 0.717) is 0 Å². The van der Waals surface area contributed by atoms with Crippen molar-refractivity contribution in [3.63, 3.8) is 0 Å². The summed E-state index contributed by atoms with van der Waals surface area (Å²) in [5.41, 5.74) is -0.384. The lowest BCUT2D eigenvalue weighted by Gasteiger charge is -2.09. The Morgan fingerprint density at radius 2 is 2.21 bits per heavy atom. The van der Waals surface area contributed by atoms with Gasteiger partial charge >= 0.3 is 6.09 Å². The maximum absolute atomic E-state index is 13.8. The highest BCUT2D eigenvalue weighted by atomic mass is 79.9. The van der Waals surface area contributed by atoms with Gasteiger partial charge in [-0.05, 0) is 19.1 Å². The molecule has 1 amide bonds. The molecule has 0 aromatic heterocycles. The van der Waals surface area contributed by atoms with Crippen molar-refractivity contribution >= 4 is 33.5 Å². The summed E-state index contributed by atoms with van der Waals surface area (Å²) >= 11 is 2.96. The highest BCUT2D eigenvalue weighted by Crippen LogP contribution is 2.22. The molecular weight excluding hydrogens is 319 g/mol. The third-order valence-corrected chi connectivity index (χ3v) is 2.67. The molecule has 1 N–H and O–H groups in total. The fraction of sp³-hybridized carbons (Fsp3) is 0.250. The minimum Gasteiger partial charge on any atom is -0.450 e. The Labute approximate surface area is 117 Å². The monoisotopic (exact) mass is 328 g/mol. The number of rotatable bonds is 4. The van der Waals surface area contributed by atoms with E-state index in [1.165, 1.54) is 6.07 Å². The van der Waals surface area contributed by atoms with Crippen molar-refractivity contribution in [3.8, 4) is 6.07 Å². The second-order valence-electron chi connectivity index (χ2n) is 3.39. The van der Waals surface area contributed by atoms with E-state index in [9.17, 15) is 14.0 Å². The number of benzene rings is 1. The lowest BCUT2D eigenvalue weighted by Crippen LogP contribution is -2.16. The number of halogens is 2. The Bertz CT molecular complexity index is 555. The minimum absolute atomic E-state index is 0.0158. The van der Waals surface area contributed by atoms with E-state index >= 15 is 0 Å². The Balaban J connectivity index is 3.16. The second-order valence-corrected chi connectivity index (χ2v) is 3.96. The van der Waals surface area contributed by atoms with Gasteiger partial charge in [0.1, 0.15) is 11.9 Å². The van der Waals surface area contributed by atoms with Gasteiger partial charge in [0.2, 0.25) is 0 Å². The molecule has 0 spiro atoms. The molecule has 7 heteroatoms. The van der Waals surface area contributed by atoms with Gasteiger partial charge in [-0.25, -0.2) is 9.18 Å². The maximum Gasteiger partial charge on any atom is 0.411 e. The summed E-state index contributed by atoms with van der Waals surface area (Å²) in [6.45, 7) is 1.72. The van der Waals surface area contributed by atoms with Gasteiger partial charge in [-0.3, -0.25) is 10.1 Å². The molecule has 100 valence electrons. The van der Waals surface area contributed by atoms with Crippen LogP contribution in [0.3, 0.4) is 0 Å². The Hall–Kier alpha value is -1.94. The highest BCUT2D eigenvalue weighted by Gasteiger charge is 2.16. The molecule has 0 saturated heterocycles. The zero-order valence-corrected chi connectivity index (χ0v) is 11.6. The number of nitrogens with one attached hydrogen (secondary N) is 1. The number of anilines is 1. The number of hydrogen-bond acceptors (Lipinski definition) is 4. The number of ketones is 1. The van der Waals surface area contributed by atoms with Crippen LogP contribution in [-0.2, 0) is 4.74 Å². The number of nitrogens with zero attached hydrogens (tertiary/aromatic N) is 1. The zero-order valence-electron chi connectivity index (χ0n) is 10.00. The topological polar surface area (TPSA) is 79.2 Å². The van der Waals surface area contributed by atoms with Crippen LogP contribution in [0.15, 0.2) is 12.1 Å². The van der Waals surface area contributed by atoms with E-state index in [1.807, 2.05) is 0 Å². The van der Waals surface area contributed by atoms with Crippen LogP contribution in [0.2, 0.25) is 0 Å². The van der Waals surface area contributed by atoms with Gasteiger partial charge in [0.25, 0.3) is 0 Å². The molecule has 0 atom stereocenters. The van der Waals surface area contributed by atoms with Crippen LogP contribution in [0.5, 0.6) is 0 Å². The first-order chi connectivity index (χ1) is 9.03. The number of ether oxygens (including phenoxy) is 1. The number of nitriles is 1. The molecule has 0 radical (unpaired) electrons. The van der Waals surface area contributed by atoms with Crippen LogP contribution in [0, 0.1) is 17.1 Å². The number of carbonyl (C=O) groups excluding carboxylic acids is 2. The zero-order chi connectivity index (χ0) is 14.4. The molecule has 19 heavy (non-hydrogen) atoms. The van der Waals surface area contributed by atoms with E-state index < -0.39 is 11.9 Å². The van der Waals surface area contributed by atoms with Gasteiger partial charge in [-0.15, -0.1) is 0 Å². The quantitative estimate of drug-likeness (QED) is 0.680. The van der Waals surface area contributed by atoms with Crippen molar-refractivity contribution in [1.82, 2.24) is 0 Å². The lowest BCUT2D eigenvalue weighted by molar-refractivity contribution is 0.102. The molecule has 0 fully saturated rings. The smallest absolute Gasteiger partial charge is 0.411 e. The van der Waals surface area contributed by atoms with E-state index in [2.05, 4.69) is 26.0 Å². The molecule has 5 nitrogen and oxygen atoms in total. The number of hydrogen-bond donors (Lipinski definition) is 1. The second kappa shape index (κ2) is 6.85. The van der Waals surface area contributed by atoms with Crippen LogP contribution in [0.1, 0.15) is 22.8 Å². The molecule has 0 aliphatic heterocycles. The molecule has 0 saturated carbocycles. The largest absolute Gasteiger partial charge is 0.450 e. The van der Waals surface area contributed by atoms with Gasteiger partial charge in [0, 0.05) is 5.56 Å². The SMILES string of the molecule is CCOC(=O)Nc1c(F)cc(C(=O)CBr)cc1C#N. The standard InChI is InChI=1S/C12H10BrFN2O3/c1-2-19-12(18)16-11-8(6-15)3-7(4-9(11)14)10(17)5-13/h3-4H,2,5H2,1H3,(H,16,18). The van der Waals surface area contributed by atoms with E-state index in [0.717, 1.165) is 6.07 Å². The number of alkyl halides is 1. The molecule has 0 aliphatic rings. The van der Waals surface area contributed by atoms with E-state index in [-0.39, 0.29) is 34.5 Å². The van der Waals surface area contributed by atoms with Gasteiger partial charge < -0.3 is 4.74 Å². The lowest BCUT2D eigenvalue weighted by atomic mass is 10.1. The van der Waals surface area contributed by atoms with Crippen molar-refractivity contribution in [3.05, 3.63) is 29.1 Å². The summed E-state index contributed by atoms with van der Waals surface area (Å²) in [7, 11) is 0. The fourth-order valence-corrected chi connectivity index (χ4v) is 1.65. The third kappa shape index (κ3) is 3.76. The van der Waals surface area contributed by atoms with Crippen LogP contribution < -0.4 is 5.32 Å². The van der Waals surface area contributed by atoms with Crippen LogP contribution in [0.4, 0.5) is 14.9 Å². The van der Waals surface area contributed by atoms with Crippen LogP contribution >= 0.6 is 15.9 Å². The highest BCUT2D eigenvalue weighted by molar-refractivity contribution is 9.09. The molecule has 1 aromatic rings. The third-order valence-electron chi connectivity index (χ3n) is 2.16. The van der Waals surface area contributed by atoms with Crippen LogP contribution in [-0.4, -0.2) is 23.8 Å². The first-order valence-electron chi connectivity index (χ1n) is 5.30. The van der Waals surface area contributed by atoms with E-state index in [4.69, 9.17) is 5.26 Å². The predicted octanol–water partition coefficient (Wildman–Crippen LogP) is 2.84. The van der Waals surface area contributed by atoms with Gasteiger partial charge in [-0.2, -0.15) is 5.26 Å². The predicted molar refractivity (Wildman–Crippen MR) is 69.9 cm³/mol. The van der Waals surface area contributed by atoms with Crippen molar-refractivity contribution in [2.45, 2.75) is 6.92 Å². The maximum atomic E-state index is 13.8. The molecule has 1 aromatic carbocycles. The van der Waals surface area contributed by atoms with Crippen LogP contribution in [0.25, 0.3) is 0 Å². The minimum atomic E-state index is -0.864. The van der Waals surface area contributed by atoms with Crippen molar-refractivity contribution in [2.24, 2.45) is 0 Å². The summed E-state index contributed by atoms with van der Waals surface area (Å²) < 4.78 is 18.4. The first-order valence-corrected chi connectivity index (χ1v) is 6.42. The molecule has 1 rings (SSSR count). The summed E-state index contributed by atoms with van der Waals surface area (Å²) in [6.07, 6.45) is -0.863. The van der Waals surface area contributed by atoms with Crippen molar-refractivity contribution in [2.75, 3.05) is 17.3 Å². The molecule has 0 heterocycles. The number of amides is 1. The molecule has 0 unspecified atom stereocenters. The van der Waals surface area contributed by atoms with Gasteiger partial charge in [0.05, 0.1) is 23.2 Å². The fourth-order valence-electron chi connectivity index (χ4n) is 1.33. The number of Topliss-reactive ketones (excluding diaryl/α,β-unsaturated/α-hetero) is 1. The molecular formula is C12H10BrFN2O3.